The predicted octanol–water partition coefficient (Wildman–Crippen LogP) is 5.65. The van der Waals surface area contributed by atoms with Gasteiger partial charge in [0.1, 0.15) is 11.6 Å². The van der Waals surface area contributed by atoms with E-state index >= 15 is 0 Å². The summed E-state index contributed by atoms with van der Waals surface area (Å²) in [5.74, 6) is 1.47. The van der Waals surface area contributed by atoms with E-state index in [0.717, 1.165) is 17.7 Å². The summed E-state index contributed by atoms with van der Waals surface area (Å²) >= 11 is 0. The molecule has 0 saturated carbocycles. The summed E-state index contributed by atoms with van der Waals surface area (Å²) in [7, 11) is 4.93. The zero-order chi connectivity index (χ0) is 29.4. The largest absolute Gasteiger partial charge is 0.493 e. The highest BCUT2D eigenvalue weighted by atomic mass is 19.1. The molecule has 0 aliphatic rings. The second kappa shape index (κ2) is 13.7. The van der Waals surface area contributed by atoms with E-state index in [1.54, 1.807) is 43.2 Å². The first-order chi connectivity index (χ1) is 19.8. The maximum absolute atomic E-state index is 13.3. The number of furan rings is 1. The van der Waals surface area contributed by atoms with Gasteiger partial charge in [-0.05, 0) is 79.1 Å². The zero-order valence-corrected chi connectivity index (χ0v) is 23.9. The van der Waals surface area contributed by atoms with Crippen molar-refractivity contribution in [2.45, 2.75) is 32.9 Å². The molecule has 0 atom stereocenters. The Morgan fingerprint density at radius 1 is 0.927 bits per heavy atom. The normalized spacial score (nSPS) is 10.9. The fourth-order valence-corrected chi connectivity index (χ4v) is 4.61. The predicted molar refractivity (Wildman–Crippen MR) is 154 cm³/mol. The van der Waals surface area contributed by atoms with Gasteiger partial charge in [-0.15, -0.1) is 0 Å². The van der Waals surface area contributed by atoms with Crippen LogP contribution in [0.25, 0.3) is 0 Å². The van der Waals surface area contributed by atoms with Crippen LogP contribution in [-0.2, 0) is 19.5 Å². The van der Waals surface area contributed by atoms with E-state index in [1.807, 2.05) is 48.0 Å². The molecule has 4 rings (SSSR count). The van der Waals surface area contributed by atoms with E-state index in [1.165, 1.54) is 24.3 Å². The lowest BCUT2D eigenvalue weighted by atomic mass is 10.1. The van der Waals surface area contributed by atoms with Crippen LogP contribution >= 0.6 is 0 Å². The van der Waals surface area contributed by atoms with Crippen molar-refractivity contribution in [1.29, 1.82) is 0 Å². The van der Waals surface area contributed by atoms with Crippen LogP contribution in [0.1, 0.15) is 51.3 Å². The number of hydrogen-bond donors (Lipinski definition) is 0. The van der Waals surface area contributed by atoms with E-state index in [9.17, 15) is 14.0 Å². The van der Waals surface area contributed by atoms with E-state index in [2.05, 4.69) is 0 Å². The number of carbonyl (C=O) groups is 2. The first-order valence-corrected chi connectivity index (χ1v) is 13.6. The van der Waals surface area contributed by atoms with Crippen molar-refractivity contribution < 1.29 is 27.9 Å². The topological polar surface area (TPSA) is 77.2 Å². The number of halogens is 1. The highest BCUT2D eigenvalue weighted by Gasteiger charge is 2.19. The molecule has 0 aliphatic heterocycles. The second-order valence-corrected chi connectivity index (χ2v) is 9.79. The third-order valence-electron chi connectivity index (χ3n) is 6.88. The Hall–Kier alpha value is -4.53. The molecule has 0 unspecified atom stereocenters. The zero-order valence-electron chi connectivity index (χ0n) is 23.9. The van der Waals surface area contributed by atoms with Gasteiger partial charge < -0.3 is 28.3 Å². The van der Waals surface area contributed by atoms with Crippen LogP contribution in [0.3, 0.4) is 0 Å². The first-order valence-electron chi connectivity index (χ1n) is 13.6. The fraction of sp³-hybridized carbons (Fsp3) is 0.312. The van der Waals surface area contributed by atoms with Crippen molar-refractivity contribution in [2.75, 3.05) is 34.4 Å². The molecule has 0 radical (unpaired) electrons. The maximum atomic E-state index is 13.3. The van der Waals surface area contributed by atoms with E-state index in [4.69, 9.17) is 13.9 Å². The maximum Gasteiger partial charge on any atom is 0.289 e. The monoisotopic (exact) mass is 561 g/mol. The van der Waals surface area contributed by atoms with Crippen molar-refractivity contribution in [3.8, 4) is 11.5 Å². The lowest BCUT2D eigenvalue weighted by Gasteiger charge is -2.23. The second-order valence-electron chi connectivity index (χ2n) is 9.79. The lowest BCUT2D eigenvalue weighted by Crippen LogP contribution is -2.32. The number of methoxy groups -OCH3 is 2. The third-order valence-corrected chi connectivity index (χ3v) is 6.88. The lowest BCUT2D eigenvalue weighted by molar-refractivity contribution is 0.0736. The van der Waals surface area contributed by atoms with Crippen LogP contribution < -0.4 is 9.47 Å². The van der Waals surface area contributed by atoms with Crippen LogP contribution in [0.4, 0.5) is 4.39 Å². The van der Waals surface area contributed by atoms with Gasteiger partial charge in [0.25, 0.3) is 11.8 Å². The standard InChI is InChI=1S/C32H36FN3O5/c1-5-17-36(31(37)24-9-11-25(33)12-10-24)21-26-7-6-18-35(26)22-27-13-15-29(41-27)32(38)34(2)19-16-23-8-14-28(39-3)30(20-23)40-4/h6-15,18,20H,5,16-17,19,21-22H2,1-4H3. The van der Waals surface area contributed by atoms with Gasteiger partial charge in [0.2, 0.25) is 0 Å². The molecule has 2 aromatic heterocycles. The van der Waals surface area contributed by atoms with Crippen LogP contribution in [0.2, 0.25) is 0 Å². The molecule has 0 fully saturated rings. The number of rotatable bonds is 13. The summed E-state index contributed by atoms with van der Waals surface area (Å²) in [6.07, 6.45) is 3.35. The minimum atomic E-state index is -0.377. The van der Waals surface area contributed by atoms with Gasteiger partial charge in [-0.1, -0.05) is 13.0 Å². The number of ether oxygens (including phenoxy) is 2. The van der Waals surface area contributed by atoms with Gasteiger partial charge in [-0.2, -0.15) is 0 Å². The Morgan fingerprint density at radius 3 is 2.39 bits per heavy atom. The Balaban J connectivity index is 1.38. The molecule has 0 saturated heterocycles. The Bertz CT molecular complexity index is 1460. The summed E-state index contributed by atoms with van der Waals surface area (Å²) in [5, 5.41) is 0. The van der Waals surface area contributed by atoms with Gasteiger partial charge in [0.15, 0.2) is 17.3 Å². The fourth-order valence-electron chi connectivity index (χ4n) is 4.61. The molecule has 2 heterocycles. The molecule has 41 heavy (non-hydrogen) atoms. The van der Waals surface area contributed by atoms with Crippen molar-refractivity contribution in [1.82, 2.24) is 14.4 Å². The highest BCUT2D eigenvalue weighted by Crippen LogP contribution is 2.27. The number of aromatic nitrogens is 1. The van der Waals surface area contributed by atoms with Crippen LogP contribution in [0.5, 0.6) is 11.5 Å². The van der Waals surface area contributed by atoms with Crippen LogP contribution in [0.15, 0.2) is 77.3 Å². The molecule has 216 valence electrons. The molecule has 0 bridgehead atoms. The number of hydrogen-bond acceptors (Lipinski definition) is 5. The van der Waals surface area contributed by atoms with Crippen molar-refractivity contribution >= 4 is 11.8 Å². The minimum Gasteiger partial charge on any atom is -0.493 e. The summed E-state index contributed by atoms with van der Waals surface area (Å²) in [6, 6.07) is 18.7. The molecule has 2 aromatic carbocycles. The van der Waals surface area contributed by atoms with Crippen LogP contribution in [0, 0.1) is 5.82 Å². The summed E-state index contributed by atoms with van der Waals surface area (Å²) in [4.78, 5) is 29.5. The number of amides is 2. The molecule has 2 amide bonds. The molecular formula is C32H36FN3O5. The average Bonchev–Trinajstić information content (AvgIpc) is 3.64. The number of nitrogens with zero attached hydrogens (tertiary/aromatic N) is 3. The van der Waals surface area contributed by atoms with Gasteiger partial charge in [-0.3, -0.25) is 9.59 Å². The van der Waals surface area contributed by atoms with Gasteiger partial charge >= 0.3 is 0 Å². The Morgan fingerprint density at radius 2 is 1.68 bits per heavy atom. The Kier molecular flexibility index (Phi) is 9.84. The number of likely N-dealkylation sites (N-methyl/N-ethyl adjacent to an activating group) is 1. The molecule has 0 N–H and O–H groups in total. The van der Waals surface area contributed by atoms with Crippen molar-refractivity contribution in [3.05, 3.63) is 107 Å². The van der Waals surface area contributed by atoms with Gasteiger partial charge in [0, 0.05) is 37.6 Å². The number of carbonyl (C=O) groups excluding carboxylic acids is 2. The minimum absolute atomic E-state index is 0.151. The molecule has 0 aliphatic carbocycles. The Labute approximate surface area is 239 Å². The van der Waals surface area contributed by atoms with Crippen LogP contribution in [-0.4, -0.2) is 60.5 Å². The van der Waals surface area contributed by atoms with E-state index in [0.29, 0.717) is 55.4 Å². The smallest absolute Gasteiger partial charge is 0.289 e. The molecule has 0 spiro atoms. The quantitative estimate of drug-likeness (QED) is 0.211. The highest BCUT2D eigenvalue weighted by molar-refractivity contribution is 5.94. The average molecular weight is 562 g/mol. The molecule has 8 nitrogen and oxygen atoms in total. The number of benzene rings is 2. The van der Waals surface area contributed by atoms with Gasteiger partial charge in [-0.25, -0.2) is 4.39 Å². The van der Waals surface area contributed by atoms with E-state index in [-0.39, 0.29) is 23.4 Å². The van der Waals surface area contributed by atoms with Gasteiger partial charge in [0.05, 0.1) is 27.3 Å². The summed E-state index contributed by atoms with van der Waals surface area (Å²) in [6.45, 7) is 3.88. The van der Waals surface area contributed by atoms with Crippen molar-refractivity contribution in [3.63, 3.8) is 0 Å². The van der Waals surface area contributed by atoms with Crippen molar-refractivity contribution in [2.24, 2.45) is 0 Å². The summed E-state index contributed by atoms with van der Waals surface area (Å²) in [5.41, 5.74) is 2.39. The van der Waals surface area contributed by atoms with E-state index < -0.39 is 0 Å². The molecular weight excluding hydrogens is 525 g/mol. The first kappa shape index (κ1) is 29.5. The third kappa shape index (κ3) is 7.36. The molecule has 4 aromatic rings. The SMILES string of the molecule is CCCN(Cc1cccn1Cc1ccc(C(=O)N(C)CCc2ccc(OC)c(OC)c2)o1)C(=O)c1ccc(F)cc1. The molecule has 9 heteroatoms. The summed E-state index contributed by atoms with van der Waals surface area (Å²) < 4.78 is 31.9.